The van der Waals surface area contributed by atoms with Gasteiger partial charge in [-0.1, -0.05) is 18.2 Å². The Morgan fingerprint density at radius 3 is 2.74 bits per heavy atom. The van der Waals surface area contributed by atoms with Crippen LogP contribution >= 0.6 is 0 Å². The Kier molecular flexibility index (Phi) is 3.76. The van der Waals surface area contributed by atoms with E-state index < -0.39 is 0 Å². The molecule has 104 valence electrons. The standard InChI is InChI=1S/C16H24N2O/c1-13-4-2-3-5-16(13)18-9-7-15(11-18)17-8-6-14(10-17)12-19/h2-5,14-15,19H,6-12H2,1H3. The fraction of sp³-hybridized carbons (Fsp3) is 0.625. The molecule has 0 amide bonds. The Bertz CT molecular complexity index is 435. The normalized spacial score (nSPS) is 28.2. The lowest BCUT2D eigenvalue weighted by molar-refractivity contribution is 0.204. The van der Waals surface area contributed by atoms with Crippen molar-refractivity contribution < 1.29 is 5.11 Å². The smallest absolute Gasteiger partial charge is 0.0471 e. The van der Waals surface area contributed by atoms with E-state index in [0.717, 1.165) is 32.6 Å². The topological polar surface area (TPSA) is 26.7 Å². The minimum absolute atomic E-state index is 0.352. The first kappa shape index (κ1) is 12.9. The van der Waals surface area contributed by atoms with Gasteiger partial charge < -0.3 is 10.0 Å². The molecule has 0 aliphatic carbocycles. The van der Waals surface area contributed by atoms with Crippen LogP contribution in [0.3, 0.4) is 0 Å². The van der Waals surface area contributed by atoms with Crippen molar-refractivity contribution in [3.05, 3.63) is 29.8 Å². The molecule has 19 heavy (non-hydrogen) atoms. The van der Waals surface area contributed by atoms with Gasteiger partial charge >= 0.3 is 0 Å². The highest BCUT2D eigenvalue weighted by atomic mass is 16.3. The van der Waals surface area contributed by atoms with Crippen LogP contribution in [0.2, 0.25) is 0 Å². The lowest BCUT2D eigenvalue weighted by atomic mass is 10.1. The van der Waals surface area contributed by atoms with Gasteiger partial charge in [0.25, 0.3) is 0 Å². The summed E-state index contributed by atoms with van der Waals surface area (Å²) in [6.07, 6.45) is 2.42. The molecule has 2 heterocycles. The molecule has 1 N–H and O–H groups in total. The molecule has 2 atom stereocenters. The van der Waals surface area contributed by atoms with Crippen molar-refractivity contribution in [2.45, 2.75) is 25.8 Å². The van der Waals surface area contributed by atoms with Crippen LogP contribution in [0.5, 0.6) is 0 Å². The number of para-hydroxylation sites is 1. The molecule has 2 saturated heterocycles. The van der Waals surface area contributed by atoms with Gasteiger partial charge in [0.1, 0.15) is 0 Å². The summed E-state index contributed by atoms with van der Waals surface area (Å²) in [5.74, 6) is 0.507. The molecular formula is C16H24N2O. The van der Waals surface area contributed by atoms with E-state index in [4.69, 9.17) is 0 Å². The maximum Gasteiger partial charge on any atom is 0.0471 e. The molecule has 1 aromatic rings. The molecule has 2 aliphatic rings. The van der Waals surface area contributed by atoms with Crippen LogP contribution in [0.1, 0.15) is 18.4 Å². The Morgan fingerprint density at radius 2 is 2.00 bits per heavy atom. The first-order valence-corrected chi connectivity index (χ1v) is 7.43. The third kappa shape index (κ3) is 2.63. The predicted molar refractivity (Wildman–Crippen MR) is 78.6 cm³/mol. The first-order valence-electron chi connectivity index (χ1n) is 7.43. The second kappa shape index (κ2) is 5.51. The highest BCUT2D eigenvalue weighted by Gasteiger charge is 2.32. The van der Waals surface area contributed by atoms with Crippen LogP contribution in [0.4, 0.5) is 5.69 Å². The molecule has 2 fully saturated rings. The van der Waals surface area contributed by atoms with Crippen molar-refractivity contribution in [2.75, 3.05) is 37.7 Å². The third-order valence-corrected chi connectivity index (χ3v) is 4.71. The molecule has 3 heteroatoms. The second-order valence-electron chi connectivity index (χ2n) is 6.01. The molecule has 1 aromatic carbocycles. The van der Waals surface area contributed by atoms with E-state index in [-0.39, 0.29) is 0 Å². The molecule has 0 saturated carbocycles. The van der Waals surface area contributed by atoms with Crippen LogP contribution in [-0.2, 0) is 0 Å². The fourth-order valence-corrected chi connectivity index (χ4v) is 3.52. The van der Waals surface area contributed by atoms with Gasteiger partial charge in [-0.15, -0.1) is 0 Å². The van der Waals surface area contributed by atoms with Crippen LogP contribution in [0, 0.1) is 12.8 Å². The van der Waals surface area contributed by atoms with E-state index in [9.17, 15) is 5.11 Å². The van der Waals surface area contributed by atoms with Crippen molar-refractivity contribution in [3.63, 3.8) is 0 Å². The SMILES string of the molecule is Cc1ccccc1N1CCC(N2CCC(CO)C2)C1. The number of nitrogens with zero attached hydrogens (tertiary/aromatic N) is 2. The van der Waals surface area contributed by atoms with E-state index in [1.807, 2.05) is 0 Å². The first-order chi connectivity index (χ1) is 9.28. The molecule has 3 rings (SSSR count). The number of rotatable bonds is 3. The van der Waals surface area contributed by atoms with Gasteiger partial charge in [-0.2, -0.15) is 0 Å². The van der Waals surface area contributed by atoms with Crippen LogP contribution in [0.25, 0.3) is 0 Å². The number of anilines is 1. The highest BCUT2D eigenvalue weighted by Crippen LogP contribution is 2.28. The van der Waals surface area contributed by atoms with Crippen LogP contribution in [-0.4, -0.2) is 48.8 Å². The highest BCUT2D eigenvalue weighted by molar-refractivity contribution is 5.53. The summed E-state index contributed by atoms with van der Waals surface area (Å²) in [5.41, 5.74) is 2.76. The largest absolute Gasteiger partial charge is 0.396 e. The Hall–Kier alpha value is -1.06. The average Bonchev–Trinajstić information content (AvgIpc) is 3.08. The van der Waals surface area contributed by atoms with Crippen LogP contribution < -0.4 is 4.90 Å². The quantitative estimate of drug-likeness (QED) is 0.899. The average molecular weight is 260 g/mol. The molecule has 0 bridgehead atoms. The molecule has 2 aliphatic heterocycles. The molecule has 0 radical (unpaired) electrons. The summed E-state index contributed by atoms with van der Waals surface area (Å²) in [6, 6.07) is 9.35. The monoisotopic (exact) mass is 260 g/mol. The zero-order valence-corrected chi connectivity index (χ0v) is 11.8. The molecule has 0 spiro atoms. The second-order valence-corrected chi connectivity index (χ2v) is 6.01. The van der Waals surface area contributed by atoms with Crippen LogP contribution in [0.15, 0.2) is 24.3 Å². The number of hydrogen-bond acceptors (Lipinski definition) is 3. The Balaban J connectivity index is 1.63. The summed E-state index contributed by atoms with van der Waals surface area (Å²) in [4.78, 5) is 5.10. The zero-order valence-electron chi connectivity index (χ0n) is 11.8. The molecule has 0 aromatic heterocycles. The Morgan fingerprint density at radius 1 is 1.16 bits per heavy atom. The minimum Gasteiger partial charge on any atom is -0.396 e. The summed E-state index contributed by atoms with van der Waals surface area (Å²) < 4.78 is 0. The summed E-state index contributed by atoms with van der Waals surface area (Å²) in [7, 11) is 0. The van der Waals surface area contributed by atoms with Gasteiger partial charge in [0.05, 0.1) is 0 Å². The molecule has 2 unspecified atom stereocenters. The Labute approximate surface area is 115 Å². The van der Waals surface area contributed by atoms with Gasteiger partial charge in [-0.3, -0.25) is 4.90 Å². The number of aryl methyl sites for hydroxylation is 1. The lowest BCUT2D eigenvalue weighted by Crippen LogP contribution is -2.36. The predicted octanol–water partition coefficient (Wildman–Crippen LogP) is 1.89. The van der Waals surface area contributed by atoms with Crippen molar-refractivity contribution in [1.29, 1.82) is 0 Å². The minimum atomic E-state index is 0.352. The van der Waals surface area contributed by atoms with Gasteiger partial charge in [-0.25, -0.2) is 0 Å². The maximum absolute atomic E-state index is 9.26. The zero-order chi connectivity index (χ0) is 13.2. The van der Waals surface area contributed by atoms with Crippen molar-refractivity contribution in [3.8, 4) is 0 Å². The fourth-order valence-electron chi connectivity index (χ4n) is 3.52. The number of aliphatic hydroxyl groups excluding tert-OH is 1. The summed E-state index contributed by atoms with van der Waals surface area (Å²) >= 11 is 0. The van der Waals surface area contributed by atoms with Crippen molar-refractivity contribution >= 4 is 5.69 Å². The summed E-state index contributed by atoms with van der Waals surface area (Å²) in [6.45, 7) is 7.10. The third-order valence-electron chi connectivity index (χ3n) is 4.71. The molecule has 3 nitrogen and oxygen atoms in total. The van der Waals surface area contributed by atoms with Gasteiger partial charge in [0, 0.05) is 38.0 Å². The lowest BCUT2D eigenvalue weighted by Gasteiger charge is -2.25. The molecular weight excluding hydrogens is 236 g/mol. The number of likely N-dealkylation sites (tertiary alicyclic amines) is 1. The van der Waals surface area contributed by atoms with Crippen molar-refractivity contribution in [2.24, 2.45) is 5.92 Å². The van der Waals surface area contributed by atoms with Gasteiger partial charge in [0.15, 0.2) is 0 Å². The number of aliphatic hydroxyl groups is 1. The van der Waals surface area contributed by atoms with E-state index in [1.165, 1.54) is 17.7 Å². The van der Waals surface area contributed by atoms with E-state index in [0.29, 0.717) is 18.6 Å². The van der Waals surface area contributed by atoms with Gasteiger partial charge in [-0.05, 0) is 43.9 Å². The maximum atomic E-state index is 9.26. The van der Waals surface area contributed by atoms with E-state index in [2.05, 4.69) is 41.0 Å². The van der Waals surface area contributed by atoms with Gasteiger partial charge in [0.2, 0.25) is 0 Å². The number of benzene rings is 1. The van der Waals surface area contributed by atoms with Crippen molar-refractivity contribution in [1.82, 2.24) is 4.90 Å². The van der Waals surface area contributed by atoms with E-state index in [1.54, 1.807) is 0 Å². The van der Waals surface area contributed by atoms with E-state index >= 15 is 0 Å². The summed E-state index contributed by atoms with van der Waals surface area (Å²) in [5, 5.41) is 9.26. The number of hydrogen-bond donors (Lipinski definition) is 1.